The van der Waals surface area contributed by atoms with Crippen molar-refractivity contribution in [3.05, 3.63) is 40.4 Å². The SMILES string of the molecule is Cc1cc(NC(=O)C(C)OC(=O)C(C#N)=Cc2cc(C)n(CCC(C)C)c2C)no1. The molecule has 1 N–H and O–H groups in total. The number of carbonyl (C=O) groups is 2. The summed E-state index contributed by atoms with van der Waals surface area (Å²) in [6.07, 6.45) is 1.43. The van der Waals surface area contributed by atoms with Crippen molar-refractivity contribution in [3.8, 4) is 6.07 Å². The molecule has 0 bridgehead atoms. The Kier molecular flexibility index (Phi) is 7.59. The predicted octanol–water partition coefficient (Wildman–Crippen LogP) is 3.92. The van der Waals surface area contributed by atoms with Crippen LogP contribution in [0.1, 0.15) is 49.9 Å². The third kappa shape index (κ3) is 5.83. The van der Waals surface area contributed by atoms with Crippen LogP contribution in [0.3, 0.4) is 0 Å². The molecular weight excluding hydrogens is 384 g/mol. The molecule has 1 atom stereocenters. The van der Waals surface area contributed by atoms with Gasteiger partial charge in [-0.25, -0.2) is 4.79 Å². The van der Waals surface area contributed by atoms with Crippen LogP contribution in [-0.4, -0.2) is 27.7 Å². The van der Waals surface area contributed by atoms with Gasteiger partial charge in [-0.15, -0.1) is 0 Å². The number of nitriles is 1. The van der Waals surface area contributed by atoms with Crippen LogP contribution in [0.4, 0.5) is 5.82 Å². The highest BCUT2D eigenvalue weighted by atomic mass is 16.5. The van der Waals surface area contributed by atoms with Gasteiger partial charge in [0.05, 0.1) is 0 Å². The van der Waals surface area contributed by atoms with Crippen LogP contribution in [-0.2, 0) is 20.9 Å². The molecule has 30 heavy (non-hydrogen) atoms. The fourth-order valence-corrected chi connectivity index (χ4v) is 2.93. The highest BCUT2D eigenvalue weighted by molar-refractivity contribution is 6.01. The number of aryl methyl sites for hydroxylation is 2. The van der Waals surface area contributed by atoms with Crippen molar-refractivity contribution in [2.75, 3.05) is 5.32 Å². The molecule has 1 amide bonds. The number of hydrogen-bond acceptors (Lipinski definition) is 6. The molecule has 0 saturated carbocycles. The number of anilines is 1. The number of nitrogens with one attached hydrogen (secondary N) is 1. The third-order valence-electron chi connectivity index (χ3n) is 4.72. The molecular formula is C22H28N4O4. The lowest BCUT2D eigenvalue weighted by atomic mass is 10.1. The first-order chi connectivity index (χ1) is 14.1. The summed E-state index contributed by atoms with van der Waals surface area (Å²) in [5.74, 6) is -0.0890. The molecule has 0 spiro atoms. The van der Waals surface area contributed by atoms with Gasteiger partial charge in [0, 0.05) is 24.0 Å². The van der Waals surface area contributed by atoms with E-state index < -0.39 is 18.0 Å². The summed E-state index contributed by atoms with van der Waals surface area (Å²) < 4.78 is 12.2. The Morgan fingerprint density at radius 3 is 2.57 bits per heavy atom. The first-order valence-corrected chi connectivity index (χ1v) is 9.86. The van der Waals surface area contributed by atoms with Crippen LogP contribution < -0.4 is 5.32 Å². The van der Waals surface area contributed by atoms with E-state index in [4.69, 9.17) is 9.26 Å². The zero-order valence-electron chi connectivity index (χ0n) is 18.3. The predicted molar refractivity (Wildman–Crippen MR) is 112 cm³/mol. The number of rotatable bonds is 8. The van der Waals surface area contributed by atoms with Gasteiger partial charge in [0.2, 0.25) is 0 Å². The summed E-state index contributed by atoms with van der Waals surface area (Å²) in [5, 5.41) is 15.6. The smallest absolute Gasteiger partial charge is 0.349 e. The monoisotopic (exact) mass is 412 g/mol. The maximum absolute atomic E-state index is 12.4. The molecule has 8 nitrogen and oxygen atoms in total. The van der Waals surface area contributed by atoms with E-state index >= 15 is 0 Å². The number of carbonyl (C=O) groups excluding carboxylic acids is 2. The second-order valence-electron chi connectivity index (χ2n) is 7.69. The van der Waals surface area contributed by atoms with Gasteiger partial charge < -0.3 is 19.1 Å². The van der Waals surface area contributed by atoms with Crippen molar-refractivity contribution in [1.29, 1.82) is 5.26 Å². The van der Waals surface area contributed by atoms with Crippen LogP contribution in [0.25, 0.3) is 6.08 Å². The summed E-state index contributed by atoms with van der Waals surface area (Å²) >= 11 is 0. The molecule has 0 aliphatic heterocycles. The molecule has 2 aromatic rings. The summed E-state index contributed by atoms with van der Waals surface area (Å²) in [6.45, 7) is 12.3. The average molecular weight is 412 g/mol. The number of hydrogen-bond donors (Lipinski definition) is 1. The number of aromatic nitrogens is 2. The average Bonchev–Trinajstić information content (AvgIpc) is 3.20. The van der Waals surface area contributed by atoms with Gasteiger partial charge in [-0.1, -0.05) is 19.0 Å². The fraction of sp³-hybridized carbons (Fsp3) is 0.455. The van der Waals surface area contributed by atoms with Gasteiger partial charge in [0.15, 0.2) is 11.9 Å². The Hall–Kier alpha value is -3.34. The molecule has 2 rings (SSSR count). The molecule has 2 aromatic heterocycles. The highest BCUT2D eigenvalue weighted by Gasteiger charge is 2.22. The third-order valence-corrected chi connectivity index (χ3v) is 4.72. The zero-order valence-corrected chi connectivity index (χ0v) is 18.3. The van der Waals surface area contributed by atoms with E-state index in [0.29, 0.717) is 11.7 Å². The van der Waals surface area contributed by atoms with Gasteiger partial charge in [0.1, 0.15) is 17.4 Å². The summed E-state index contributed by atoms with van der Waals surface area (Å²) in [7, 11) is 0. The van der Waals surface area contributed by atoms with E-state index in [9.17, 15) is 14.9 Å². The first kappa shape index (κ1) is 22.9. The van der Waals surface area contributed by atoms with Crippen LogP contribution >= 0.6 is 0 Å². The maximum Gasteiger partial charge on any atom is 0.349 e. The lowest BCUT2D eigenvalue weighted by Gasteiger charge is -2.12. The quantitative estimate of drug-likeness (QED) is 0.400. The minimum atomic E-state index is -1.11. The molecule has 0 aliphatic rings. The van der Waals surface area contributed by atoms with Crippen molar-refractivity contribution in [3.63, 3.8) is 0 Å². The number of esters is 1. The zero-order chi connectivity index (χ0) is 22.4. The number of ether oxygens (including phenoxy) is 1. The Labute approximate surface area is 176 Å². The number of amides is 1. The Bertz CT molecular complexity index is 991. The van der Waals surface area contributed by atoms with E-state index in [0.717, 1.165) is 29.9 Å². The second kappa shape index (κ2) is 9.92. The first-order valence-electron chi connectivity index (χ1n) is 9.86. The standard InChI is InChI=1S/C22H28N4O4/c1-13(2)7-8-26-14(3)9-18(16(26)5)11-19(12-23)22(28)29-17(6)21(27)24-20-10-15(4)30-25-20/h9-11,13,17H,7-8H2,1-6H3,(H,24,25,27). The number of nitrogens with zero attached hydrogens (tertiary/aromatic N) is 3. The molecule has 0 aromatic carbocycles. The molecule has 0 saturated heterocycles. The van der Waals surface area contributed by atoms with E-state index in [1.165, 1.54) is 13.0 Å². The molecule has 0 fully saturated rings. The van der Waals surface area contributed by atoms with Crippen molar-refractivity contribution in [2.24, 2.45) is 5.92 Å². The van der Waals surface area contributed by atoms with E-state index in [1.807, 2.05) is 26.0 Å². The Morgan fingerprint density at radius 1 is 1.30 bits per heavy atom. The van der Waals surface area contributed by atoms with E-state index in [1.54, 1.807) is 13.0 Å². The van der Waals surface area contributed by atoms with E-state index in [-0.39, 0.29) is 11.4 Å². The summed E-state index contributed by atoms with van der Waals surface area (Å²) in [6, 6.07) is 5.35. The highest BCUT2D eigenvalue weighted by Crippen LogP contribution is 2.20. The lowest BCUT2D eigenvalue weighted by Crippen LogP contribution is -2.30. The van der Waals surface area contributed by atoms with Crippen LogP contribution in [0, 0.1) is 38.0 Å². The minimum Gasteiger partial charge on any atom is -0.448 e. The van der Waals surface area contributed by atoms with Crippen LogP contribution in [0.5, 0.6) is 0 Å². The largest absolute Gasteiger partial charge is 0.448 e. The fourth-order valence-electron chi connectivity index (χ4n) is 2.93. The topological polar surface area (TPSA) is 110 Å². The summed E-state index contributed by atoms with van der Waals surface area (Å²) in [4.78, 5) is 24.6. The second-order valence-corrected chi connectivity index (χ2v) is 7.69. The van der Waals surface area contributed by atoms with E-state index in [2.05, 4.69) is 28.9 Å². The van der Waals surface area contributed by atoms with Gasteiger partial charge in [0.25, 0.3) is 5.91 Å². The minimum absolute atomic E-state index is 0.170. The maximum atomic E-state index is 12.4. The molecule has 0 aliphatic carbocycles. The van der Waals surface area contributed by atoms with Gasteiger partial charge in [-0.05, 0) is 57.7 Å². The van der Waals surface area contributed by atoms with Crippen LogP contribution in [0.15, 0.2) is 22.2 Å². The molecule has 2 heterocycles. The van der Waals surface area contributed by atoms with Crippen molar-refractivity contribution in [2.45, 2.75) is 60.6 Å². The Morgan fingerprint density at radius 2 is 2.00 bits per heavy atom. The Balaban J connectivity index is 2.10. The molecule has 8 heteroatoms. The summed E-state index contributed by atoms with van der Waals surface area (Å²) in [5.41, 5.74) is 2.64. The van der Waals surface area contributed by atoms with Crippen molar-refractivity contribution < 1.29 is 18.8 Å². The van der Waals surface area contributed by atoms with Crippen LogP contribution in [0.2, 0.25) is 0 Å². The normalized spacial score (nSPS) is 12.5. The van der Waals surface area contributed by atoms with Crippen molar-refractivity contribution >= 4 is 23.8 Å². The van der Waals surface area contributed by atoms with Crippen molar-refractivity contribution in [1.82, 2.24) is 9.72 Å². The van der Waals surface area contributed by atoms with Gasteiger partial charge in [-0.2, -0.15) is 5.26 Å². The van der Waals surface area contributed by atoms with Gasteiger partial charge in [-0.3, -0.25) is 4.79 Å². The molecule has 160 valence electrons. The van der Waals surface area contributed by atoms with Gasteiger partial charge >= 0.3 is 5.97 Å². The molecule has 1 unspecified atom stereocenters. The molecule has 0 radical (unpaired) electrons. The lowest BCUT2D eigenvalue weighted by molar-refractivity contribution is -0.148.